The quantitative estimate of drug-likeness (QED) is 0.818. The molecule has 6 nitrogen and oxygen atoms in total. The molecule has 0 saturated carbocycles. The number of hydrogen-bond acceptors (Lipinski definition) is 4. The molecular weight excluding hydrogens is 234 g/mol. The van der Waals surface area contributed by atoms with Gasteiger partial charge in [0.1, 0.15) is 11.8 Å². The van der Waals surface area contributed by atoms with E-state index in [1.165, 1.54) is 32.2 Å². The summed E-state index contributed by atoms with van der Waals surface area (Å²) >= 11 is 0. The highest BCUT2D eigenvalue weighted by Crippen LogP contribution is 2.13. The van der Waals surface area contributed by atoms with E-state index in [9.17, 15) is 9.59 Å². The Morgan fingerprint density at radius 1 is 1.50 bits per heavy atom. The van der Waals surface area contributed by atoms with Crippen LogP contribution in [0.2, 0.25) is 0 Å². The number of carbonyl (C=O) groups excluding carboxylic acids is 1. The van der Waals surface area contributed by atoms with Gasteiger partial charge in [-0.05, 0) is 26.0 Å². The Morgan fingerprint density at radius 3 is 2.61 bits per heavy atom. The number of nitrogens with one attached hydrogen (secondary N) is 1. The Labute approximate surface area is 104 Å². The fourth-order valence-electron chi connectivity index (χ4n) is 1.06. The number of nitrogens with zero attached hydrogens (tertiary/aromatic N) is 2. The Morgan fingerprint density at radius 2 is 2.17 bits per heavy atom. The fourth-order valence-corrected chi connectivity index (χ4v) is 1.06. The predicted molar refractivity (Wildman–Crippen MR) is 62.7 cm³/mol. The standard InChI is InChI=1S/C12H13N3O3/c1-12(2,11(17)18)7-15-10(16)9-4-3-8(5-13)6-14-9/h3-4,6H,7H2,1-2H3,(H,15,16)(H,17,18). The van der Waals surface area contributed by atoms with Crippen molar-refractivity contribution in [2.45, 2.75) is 13.8 Å². The maximum atomic E-state index is 11.7. The number of aromatic nitrogens is 1. The number of carboxylic acid groups (broad SMARTS) is 1. The van der Waals surface area contributed by atoms with Crippen molar-refractivity contribution in [1.29, 1.82) is 5.26 Å². The van der Waals surface area contributed by atoms with Gasteiger partial charge in [-0.1, -0.05) is 0 Å². The maximum Gasteiger partial charge on any atom is 0.310 e. The second kappa shape index (κ2) is 5.27. The molecule has 0 aliphatic rings. The highest BCUT2D eigenvalue weighted by Gasteiger charge is 2.27. The Hall–Kier alpha value is -2.42. The van der Waals surface area contributed by atoms with Crippen molar-refractivity contribution < 1.29 is 14.7 Å². The summed E-state index contributed by atoms with van der Waals surface area (Å²) in [6, 6.07) is 4.79. The third-order valence-corrected chi connectivity index (χ3v) is 2.40. The lowest BCUT2D eigenvalue weighted by atomic mass is 9.94. The number of rotatable bonds is 4. The second-order valence-electron chi connectivity index (χ2n) is 4.42. The topological polar surface area (TPSA) is 103 Å². The largest absolute Gasteiger partial charge is 0.481 e. The zero-order chi connectivity index (χ0) is 13.8. The molecule has 1 amide bonds. The molecule has 1 rings (SSSR count). The van der Waals surface area contributed by atoms with Crippen molar-refractivity contribution in [3.8, 4) is 6.07 Å². The summed E-state index contributed by atoms with van der Waals surface area (Å²) in [6.07, 6.45) is 1.29. The first kappa shape index (κ1) is 13.6. The molecule has 0 radical (unpaired) electrons. The van der Waals surface area contributed by atoms with Crippen LogP contribution in [0.25, 0.3) is 0 Å². The number of aliphatic carboxylic acids is 1. The summed E-state index contributed by atoms with van der Waals surface area (Å²) in [6.45, 7) is 3.03. The van der Waals surface area contributed by atoms with Crippen LogP contribution in [0.4, 0.5) is 0 Å². The van der Waals surface area contributed by atoms with Crippen LogP contribution >= 0.6 is 0 Å². The first-order chi connectivity index (χ1) is 8.36. The maximum absolute atomic E-state index is 11.7. The summed E-state index contributed by atoms with van der Waals surface area (Å²) in [4.78, 5) is 26.3. The van der Waals surface area contributed by atoms with Crippen molar-refractivity contribution in [2.24, 2.45) is 5.41 Å². The van der Waals surface area contributed by atoms with Gasteiger partial charge in [0.2, 0.25) is 0 Å². The molecular formula is C12H13N3O3. The van der Waals surface area contributed by atoms with E-state index in [0.29, 0.717) is 5.56 Å². The fraction of sp³-hybridized carbons (Fsp3) is 0.333. The average molecular weight is 247 g/mol. The molecule has 1 aromatic rings. The van der Waals surface area contributed by atoms with Gasteiger partial charge in [0.15, 0.2) is 0 Å². The van der Waals surface area contributed by atoms with Gasteiger partial charge in [0, 0.05) is 12.7 Å². The Kier molecular flexibility index (Phi) is 4.00. The molecule has 6 heteroatoms. The summed E-state index contributed by atoms with van der Waals surface area (Å²) in [5, 5.41) is 20.0. The van der Waals surface area contributed by atoms with Gasteiger partial charge >= 0.3 is 5.97 Å². The Bertz CT molecular complexity index is 500. The molecule has 0 fully saturated rings. The molecule has 94 valence electrons. The van der Waals surface area contributed by atoms with Crippen LogP contribution in [-0.4, -0.2) is 28.5 Å². The van der Waals surface area contributed by atoms with E-state index in [1.807, 2.05) is 6.07 Å². The van der Waals surface area contributed by atoms with Crippen molar-refractivity contribution in [3.05, 3.63) is 29.6 Å². The van der Waals surface area contributed by atoms with Gasteiger partial charge < -0.3 is 10.4 Å². The summed E-state index contributed by atoms with van der Waals surface area (Å²) in [5.41, 5.74) is -0.532. The van der Waals surface area contributed by atoms with E-state index < -0.39 is 17.3 Å². The smallest absolute Gasteiger partial charge is 0.310 e. The lowest BCUT2D eigenvalue weighted by molar-refractivity contribution is -0.146. The molecule has 0 unspecified atom stereocenters. The minimum atomic E-state index is -1.04. The van der Waals surface area contributed by atoms with Crippen LogP contribution in [-0.2, 0) is 4.79 Å². The minimum Gasteiger partial charge on any atom is -0.481 e. The number of pyridine rings is 1. The van der Waals surface area contributed by atoms with E-state index in [1.54, 1.807) is 0 Å². The molecule has 1 heterocycles. The van der Waals surface area contributed by atoms with E-state index in [-0.39, 0.29) is 12.2 Å². The molecule has 0 aromatic carbocycles. The molecule has 18 heavy (non-hydrogen) atoms. The van der Waals surface area contributed by atoms with Gasteiger partial charge in [-0.2, -0.15) is 5.26 Å². The number of amides is 1. The summed E-state index contributed by atoms with van der Waals surface area (Å²) in [5.74, 6) is -1.45. The molecule has 0 aliphatic heterocycles. The molecule has 1 aromatic heterocycles. The van der Waals surface area contributed by atoms with Crippen LogP contribution in [0.1, 0.15) is 29.9 Å². The van der Waals surface area contributed by atoms with Crippen LogP contribution in [0.5, 0.6) is 0 Å². The van der Waals surface area contributed by atoms with E-state index in [4.69, 9.17) is 10.4 Å². The SMILES string of the molecule is CC(C)(CNC(=O)c1ccc(C#N)cn1)C(=O)O. The Balaban J connectivity index is 2.66. The summed E-state index contributed by atoms with van der Waals surface area (Å²) in [7, 11) is 0. The molecule has 0 bridgehead atoms. The first-order valence-corrected chi connectivity index (χ1v) is 5.24. The predicted octanol–water partition coefficient (Wildman–Crippen LogP) is 0.794. The highest BCUT2D eigenvalue weighted by atomic mass is 16.4. The zero-order valence-corrected chi connectivity index (χ0v) is 10.1. The van der Waals surface area contributed by atoms with Gasteiger partial charge in [-0.15, -0.1) is 0 Å². The lowest BCUT2D eigenvalue weighted by Gasteiger charge is -2.19. The van der Waals surface area contributed by atoms with E-state index in [2.05, 4.69) is 10.3 Å². The lowest BCUT2D eigenvalue weighted by Crippen LogP contribution is -2.39. The van der Waals surface area contributed by atoms with Gasteiger partial charge in [-0.25, -0.2) is 4.98 Å². The third-order valence-electron chi connectivity index (χ3n) is 2.40. The number of carboxylic acids is 1. The van der Waals surface area contributed by atoms with E-state index in [0.717, 1.165) is 0 Å². The normalized spacial score (nSPS) is 10.5. The van der Waals surface area contributed by atoms with E-state index >= 15 is 0 Å². The molecule has 0 atom stereocenters. The van der Waals surface area contributed by atoms with Crippen molar-refractivity contribution in [3.63, 3.8) is 0 Å². The number of carbonyl (C=O) groups is 2. The van der Waals surface area contributed by atoms with Crippen LogP contribution in [0, 0.1) is 16.7 Å². The minimum absolute atomic E-state index is 0.00283. The number of hydrogen-bond donors (Lipinski definition) is 2. The van der Waals surface area contributed by atoms with Crippen molar-refractivity contribution in [1.82, 2.24) is 10.3 Å². The van der Waals surface area contributed by atoms with Crippen LogP contribution < -0.4 is 5.32 Å². The van der Waals surface area contributed by atoms with Crippen molar-refractivity contribution in [2.75, 3.05) is 6.54 Å². The molecule has 0 saturated heterocycles. The second-order valence-corrected chi connectivity index (χ2v) is 4.42. The van der Waals surface area contributed by atoms with Gasteiger partial charge in [0.05, 0.1) is 11.0 Å². The van der Waals surface area contributed by atoms with Gasteiger partial charge in [0.25, 0.3) is 5.91 Å². The van der Waals surface area contributed by atoms with Crippen molar-refractivity contribution >= 4 is 11.9 Å². The number of nitriles is 1. The van der Waals surface area contributed by atoms with Crippen LogP contribution in [0.3, 0.4) is 0 Å². The molecule has 0 spiro atoms. The zero-order valence-electron chi connectivity index (χ0n) is 10.1. The van der Waals surface area contributed by atoms with Gasteiger partial charge in [-0.3, -0.25) is 9.59 Å². The highest BCUT2D eigenvalue weighted by molar-refractivity contribution is 5.92. The summed E-state index contributed by atoms with van der Waals surface area (Å²) < 4.78 is 0. The first-order valence-electron chi connectivity index (χ1n) is 5.24. The monoisotopic (exact) mass is 247 g/mol. The average Bonchev–Trinajstić information content (AvgIpc) is 2.36. The molecule has 2 N–H and O–H groups in total. The third kappa shape index (κ3) is 3.28. The van der Waals surface area contributed by atoms with Crippen LogP contribution in [0.15, 0.2) is 18.3 Å². The molecule has 0 aliphatic carbocycles.